The van der Waals surface area contributed by atoms with Crippen molar-refractivity contribution >= 4 is 17.9 Å². The highest BCUT2D eigenvalue weighted by Gasteiger charge is 2.23. The molecule has 5 N–H and O–H groups in total. The second-order valence-corrected chi connectivity index (χ2v) is 5.48. The minimum Gasteiger partial charge on any atom is -0.480 e. The Morgan fingerprint density at radius 2 is 1.70 bits per heavy atom. The third-order valence-corrected chi connectivity index (χ3v) is 2.26. The lowest BCUT2D eigenvalue weighted by atomic mass is 10.1. The van der Waals surface area contributed by atoms with Gasteiger partial charge in [-0.2, -0.15) is 0 Å². The number of aliphatic hydroxyl groups excluding tert-OH is 1. The summed E-state index contributed by atoms with van der Waals surface area (Å²) in [4.78, 5) is 34.1. The molecule has 0 aliphatic rings. The molecular weight excluding hydrogens is 266 g/mol. The molecule has 0 aliphatic carbocycles. The summed E-state index contributed by atoms with van der Waals surface area (Å²) in [7, 11) is 0. The number of aliphatic carboxylic acids is 1. The maximum Gasteiger partial charge on any atom is 0.326 e. The number of amides is 3. The Balaban J connectivity index is 4.38. The van der Waals surface area contributed by atoms with Crippen LogP contribution >= 0.6 is 0 Å². The van der Waals surface area contributed by atoms with Gasteiger partial charge in [-0.25, -0.2) is 9.59 Å². The molecule has 8 heteroatoms. The van der Waals surface area contributed by atoms with Crippen molar-refractivity contribution in [3.05, 3.63) is 0 Å². The zero-order valence-corrected chi connectivity index (χ0v) is 12.2. The summed E-state index contributed by atoms with van der Waals surface area (Å²) < 4.78 is 0. The van der Waals surface area contributed by atoms with Crippen LogP contribution in [0, 0.1) is 0 Å². The molecule has 0 aromatic carbocycles. The summed E-state index contributed by atoms with van der Waals surface area (Å²) in [5, 5.41) is 24.7. The Morgan fingerprint density at radius 3 is 2.10 bits per heavy atom. The SMILES string of the molecule is CC(NC(=O)NC(CCO)C(=O)O)C(=O)NC(C)(C)C. The van der Waals surface area contributed by atoms with E-state index in [1.54, 1.807) is 20.8 Å². The summed E-state index contributed by atoms with van der Waals surface area (Å²) in [5.74, 6) is -1.62. The maximum absolute atomic E-state index is 11.7. The number of nitrogens with one attached hydrogen (secondary N) is 3. The van der Waals surface area contributed by atoms with E-state index in [2.05, 4.69) is 16.0 Å². The van der Waals surface area contributed by atoms with Gasteiger partial charge in [0.25, 0.3) is 0 Å². The van der Waals surface area contributed by atoms with E-state index in [4.69, 9.17) is 10.2 Å². The molecule has 0 saturated heterocycles. The standard InChI is InChI=1S/C12H23N3O5/c1-7(9(17)15-12(2,3)4)13-11(20)14-8(5-6-16)10(18)19/h7-8,16H,5-6H2,1-4H3,(H,15,17)(H,18,19)(H2,13,14,20). The van der Waals surface area contributed by atoms with Gasteiger partial charge in [-0.15, -0.1) is 0 Å². The molecule has 116 valence electrons. The van der Waals surface area contributed by atoms with Crippen molar-refractivity contribution in [1.29, 1.82) is 0 Å². The average Bonchev–Trinajstić information content (AvgIpc) is 2.25. The van der Waals surface area contributed by atoms with Gasteiger partial charge < -0.3 is 26.2 Å². The molecule has 8 nitrogen and oxygen atoms in total. The minimum atomic E-state index is -1.25. The molecule has 0 heterocycles. The fourth-order valence-electron chi connectivity index (χ4n) is 1.33. The molecular formula is C12H23N3O5. The third-order valence-electron chi connectivity index (χ3n) is 2.26. The maximum atomic E-state index is 11.7. The van der Waals surface area contributed by atoms with Gasteiger partial charge in [0.15, 0.2) is 0 Å². The van der Waals surface area contributed by atoms with Crippen LogP contribution in [0.2, 0.25) is 0 Å². The molecule has 0 aromatic rings. The lowest BCUT2D eigenvalue weighted by Crippen LogP contribution is -2.54. The van der Waals surface area contributed by atoms with Crippen molar-refractivity contribution in [2.75, 3.05) is 6.61 Å². The Kier molecular flexibility index (Phi) is 6.98. The summed E-state index contributed by atoms with van der Waals surface area (Å²) in [6, 6.07) is -2.78. The van der Waals surface area contributed by atoms with Crippen LogP contribution in [-0.2, 0) is 9.59 Å². The second kappa shape index (κ2) is 7.68. The predicted octanol–water partition coefficient (Wildman–Crippen LogP) is -0.576. The lowest BCUT2D eigenvalue weighted by Gasteiger charge is -2.24. The van der Waals surface area contributed by atoms with Crippen molar-refractivity contribution in [2.45, 2.75) is 51.7 Å². The van der Waals surface area contributed by atoms with Crippen LogP contribution in [0.15, 0.2) is 0 Å². The summed E-state index contributed by atoms with van der Waals surface area (Å²) in [6.07, 6.45) is -0.106. The third kappa shape index (κ3) is 7.57. The van der Waals surface area contributed by atoms with Crippen LogP contribution in [0.25, 0.3) is 0 Å². The number of rotatable bonds is 6. The summed E-state index contributed by atoms with van der Waals surface area (Å²) in [6.45, 7) is 6.54. The molecule has 2 atom stereocenters. The second-order valence-electron chi connectivity index (χ2n) is 5.48. The number of hydrogen-bond acceptors (Lipinski definition) is 4. The molecule has 2 unspecified atom stereocenters. The van der Waals surface area contributed by atoms with Crippen LogP contribution < -0.4 is 16.0 Å². The molecule has 0 aromatic heterocycles. The number of aliphatic hydroxyl groups is 1. The van der Waals surface area contributed by atoms with E-state index >= 15 is 0 Å². The molecule has 0 fully saturated rings. The van der Waals surface area contributed by atoms with E-state index in [1.165, 1.54) is 6.92 Å². The zero-order chi connectivity index (χ0) is 15.9. The number of carboxylic acids is 1. The molecule has 0 rings (SSSR count). The van der Waals surface area contributed by atoms with E-state index in [0.717, 1.165) is 0 Å². The predicted molar refractivity (Wildman–Crippen MR) is 72.2 cm³/mol. The molecule has 3 amide bonds. The molecule has 0 radical (unpaired) electrons. The van der Waals surface area contributed by atoms with Crippen molar-refractivity contribution in [3.63, 3.8) is 0 Å². The van der Waals surface area contributed by atoms with Crippen LogP contribution in [0.5, 0.6) is 0 Å². The van der Waals surface area contributed by atoms with E-state index in [9.17, 15) is 14.4 Å². The van der Waals surface area contributed by atoms with Gasteiger partial charge in [0.05, 0.1) is 0 Å². The Bertz CT molecular complexity index is 365. The van der Waals surface area contributed by atoms with E-state index in [1.807, 2.05) is 0 Å². The van der Waals surface area contributed by atoms with Crippen LogP contribution in [0.3, 0.4) is 0 Å². The highest BCUT2D eigenvalue weighted by molar-refractivity contribution is 5.88. The van der Waals surface area contributed by atoms with E-state index in [0.29, 0.717) is 0 Å². The van der Waals surface area contributed by atoms with E-state index in [-0.39, 0.29) is 18.9 Å². The Hall–Kier alpha value is -1.83. The number of carboxylic acid groups (broad SMARTS) is 1. The van der Waals surface area contributed by atoms with Crippen LogP contribution in [-0.4, -0.2) is 52.4 Å². The molecule has 0 aliphatic heterocycles. The van der Waals surface area contributed by atoms with Gasteiger partial charge in [-0.05, 0) is 27.7 Å². The van der Waals surface area contributed by atoms with Gasteiger partial charge in [0, 0.05) is 18.6 Å². The Labute approximate surface area is 117 Å². The number of urea groups is 1. The topological polar surface area (TPSA) is 128 Å². The first-order valence-corrected chi connectivity index (χ1v) is 6.29. The van der Waals surface area contributed by atoms with Gasteiger partial charge in [0.2, 0.25) is 5.91 Å². The summed E-state index contributed by atoms with van der Waals surface area (Å²) >= 11 is 0. The fraction of sp³-hybridized carbons (Fsp3) is 0.750. The summed E-state index contributed by atoms with van der Waals surface area (Å²) in [5.41, 5.74) is -0.427. The highest BCUT2D eigenvalue weighted by atomic mass is 16.4. The van der Waals surface area contributed by atoms with Gasteiger partial charge in [-0.1, -0.05) is 0 Å². The monoisotopic (exact) mass is 289 g/mol. The Morgan fingerprint density at radius 1 is 1.15 bits per heavy atom. The van der Waals surface area contributed by atoms with Crippen molar-refractivity contribution in [2.24, 2.45) is 0 Å². The molecule has 20 heavy (non-hydrogen) atoms. The van der Waals surface area contributed by atoms with Crippen molar-refractivity contribution < 1.29 is 24.6 Å². The zero-order valence-electron chi connectivity index (χ0n) is 12.2. The van der Waals surface area contributed by atoms with Crippen molar-refractivity contribution in [1.82, 2.24) is 16.0 Å². The minimum absolute atomic E-state index is 0.106. The largest absolute Gasteiger partial charge is 0.480 e. The van der Waals surface area contributed by atoms with E-state index < -0.39 is 29.6 Å². The van der Waals surface area contributed by atoms with Gasteiger partial charge >= 0.3 is 12.0 Å². The van der Waals surface area contributed by atoms with Crippen LogP contribution in [0.1, 0.15) is 34.1 Å². The quantitative estimate of drug-likeness (QED) is 0.447. The number of carbonyl (C=O) groups is 3. The molecule has 0 bridgehead atoms. The number of carbonyl (C=O) groups excluding carboxylic acids is 2. The lowest BCUT2D eigenvalue weighted by molar-refractivity contribution is -0.139. The highest BCUT2D eigenvalue weighted by Crippen LogP contribution is 1.99. The first-order valence-electron chi connectivity index (χ1n) is 6.29. The number of hydrogen-bond donors (Lipinski definition) is 5. The van der Waals surface area contributed by atoms with Gasteiger partial charge in [0.1, 0.15) is 12.1 Å². The normalized spacial score (nSPS) is 14.1. The average molecular weight is 289 g/mol. The van der Waals surface area contributed by atoms with Crippen molar-refractivity contribution in [3.8, 4) is 0 Å². The molecule has 0 saturated carbocycles. The fourth-order valence-corrected chi connectivity index (χ4v) is 1.33. The first kappa shape index (κ1) is 18.2. The van der Waals surface area contributed by atoms with Gasteiger partial charge in [-0.3, -0.25) is 4.79 Å². The van der Waals surface area contributed by atoms with Crippen LogP contribution in [0.4, 0.5) is 4.79 Å². The smallest absolute Gasteiger partial charge is 0.326 e. The molecule has 0 spiro atoms. The first-order chi connectivity index (χ1) is 9.06.